The summed E-state index contributed by atoms with van der Waals surface area (Å²) in [7, 11) is 0. The Hall–Kier alpha value is -1.59. The molecule has 2 unspecified atom stereocenters. The van der Waals surface area contributed by atoms with Gasteiger partial charge in [-0.25, -0.2) is 8.78 Å². The van der Waals surface area contributed by atoms with Crippen molar-refractivity contribution in [2.45, 2.75) is 18.9 Å². The zero-order valence-corrected chi connectivity index (χ0v) is 11.0. The number of rotatable bonds is 4. The van der Waals surface area contributed by atoms with Crippen molar-refractivity contribution >= 4 is 11.9 Å². The SMILES string of the molecule is O=C(C=Cc1cc(F)cc(F)c1)C1CC(CO)CCN1. The monoisotopic (exact) mass is 281 g/mol. The maximum absolute atomic E-state index is 13.0. The van der Waals surface area contributed by atoms with E-state index in [1.54, 1.807) is 0 Å². The van der Waals surface area contributed by atoms with Crippen molar-refractivity contribution in [3.8, 4) is 0 Å². The summed E-state index contributed by atoms with van der Waals surface area (Å²) in [5, 5.41) is 12.2. The van der Waals surface area contributed by atoms with Gasteiger partial charge in [-0.1, -0.05) is 6.08 Å². The Morgan fingerprint density at radius 2 is 2.05 bits per heavy atom. The summed E-state index contributed by atoms with van der Waals surface area (Å²) in [6, 6.07) is 2.78. The lowest BCUT2D eigenvalue weighted by Crippen LogP contribution is -2.43. The molecule has 108 valence electrons. The summed E-state index contributed by atoms with van der Waals surface area (Å²) in [5.74, 6) is -1.36. The Morgan fingerprint density at radius 1 is 1.35 bits per heavy atom. The van der Waals surface area contributed by atoms with Crippen LogP contribution in [0.25, 0.3) is 6.08 Å². The van der Waals surface area contributed by atoms with Crippen LogP contribution in [0, 0.1) is 17.6 Å². The molecule has 2 atom stereocenters. The topological polar surface area (TPSA) is 49.3 Å². The van der Waals surface area contributed by atoms with Crippen LogP contribution in [0.2, 0.25) is 0 Å². The molecule has 20 heavy (non-hydrogen) atoms. The number of aliphatic hydroxyl groups is 1. The molecule has 2 N–H and O–H groups in total. The predicted octanol–water partition coefficient (Wildman–Crippen LogP) is 1.91. The summed E-state index contributed by atoms with van der Waals surface area (Å²) >= 11 is 0. The van der Waals surface area contributed by atoms with Crippen LogP contribution in [0.3, 0.4) is 0 Å². The number of hydrogen-bond donors (Lipinski definition) is 2. The first-order valence-corrected chi connectivity index (χ1v) is 6.60. The van der Waals surface area contributed by atoms with Gasteiger partial charge in [0, 0.05) is 12.7 Å². The number of halogens is 2. The Bertz CT molecular complexity index is 496. The number of ketones is 1. The van der Waals surface area contributed by atoms with Crippen molar-refractivity contribution in [1.29, 1.82) is 0 Å². The predicted molar refractivity (Wildman–Crippen MR) is 72.0 cm³/mol. The van der Waals surface area contributed by atoms with Gasteiger partial charge in [0.05, 0.1) is 6.04 Å². The van der Waals surface area contributed by atoms with E-state index in [2.05, 4.69) is 5.32 Å². The molecule has 1 fully saturated rings. The second-order valence-corrected chi connectivity index (χ2v) is 5.02. The molecule has 2 rings (SSSR count). The first-order valence-electron chi connectivity index (χ1n) is 6.60. The first-order chi connectivity index (χ1) is 9.58. The smallest absolute Gasteiger partial charge is 0.172 e. The average molecular weight is 281 g/mol. The molecule has 0 bridgehead atoms. The van der Waals surface area contributed by atoms with Crippen molar-refractivity contribution in [2.24, 2.45) is 5.92 Å². The van der Waals surface area contributed by atoms with E-state index in [-0.39, 0.29) is 24.3 Å². The molecular formula is C15H17F2NO2. The first kappa shape index (κ1) is 14.8. The third-order valence-electron chi connectivity index (χ3n) is 3.44. The molecule has 5 heteroatoms. The molecule has 0 radical (unpaired) electrons. The summed E-state index contributed by atoms with van der Waals surface area (Å²) in [4.78, 5) is 12.0. The molecule has 0 saturated carbocycles. The van der Waals surface area contributed by atoms with Gasteiger partial charge in [0.25, 0.3) is 0 Å². The van der Waals surface area contributed by atoms with Crippen LogP contribution in [0.15, 0.2) is 24.3 Å². The molecule has 1 aliphatic rings. The highest BCUT2D eigenvalue weighted by atomic mass is 19.1. The average Bonchev–Trinajstić information content (AvgIpc) is 2.44. The third kappa shape index (κ3) is 3.95. The fourth-order valence-corrected chi connectivity index (χ4v) is 2.34. The van der Waals surface area contributed by atoms with Gasteiger partial charge in [0.1, 0.15) is 11.6 Å². The Morgan fingerprint density at radius 3 is 2.70 bits per heavy atom. The van der Waals surface area contributed by atoms with E-state index in [1.807, 2.05) is 0 Å². The quantitative estimate of drug-likeness (QED) is 0.829. The lowest BCUT2D eigenvalue weighted by molar-refractivity contribution is -0.117. The third-order valence-corrected chi connectivity index (χ3v) is 3.44. The summed E-state index contributed by atoms with van der Waals surface area (Å²) in [6.07, 6.45) is 4.15. The normalized spacial score (nSPS) is 23.1. The maximum Gasteiger partial charge on any atom is 0.172 e. The van der Waals surface area contributed by atoms with Crippen LogP contribution in [0.5, 0.6) is 0 Å². The summed E-state index contributed by atoms with van der Waals surface area (Å²) in [5.41, 5.74) is 0.311. The molecule has 0 amide bonds. The molecule has 1 saturated heterocycles. The van der Waals surface area contributed by atoms with Crippen LogP contribution in [0.1, 0.15) is 18.4 Å². The number of hydrogen-bond acceptors (Lipinski definition) is 3. The zero-order chi connectivity index (χ0) is 14.5. The van der Waals surface area contributed by atoms with Gasteiger partial charge in [-0.05, 0) is 49.1 Å². The van der Waals surface area contributed by atoms with Gasteiger partial charge in [0.2, 0.25) is 0 Å². The fourth-order valence-electron chi connectivity index (χ4n) is 2.34. The number of piperidine rings is 1. The summed E-state index contributed by atoms with van der Waals surface area (Å²) in [6.45, 7) is 0.758. The largest absolute Gasteiger partial charge is 0.396 e. The molecule has 0 aliphatic carbocycles. The lowest BCUT2D eigenvalue weighted by atomic mass is 9.91. The number of carbonyl (C=O) groups excluding carboxylic acids is 1. The van der Waals surface area contributed by atoms with Crippen LogP contribution in [-0.4, -0.2) is 30.1 Å². The van der Waals surface area contributed by atoms with E-state index in [9.17, 15) is 13.6 Å². The van der Waals surface area contributed by atoms with E-state index in [0.29, 0.717) is 18.5 Å². The van der Waals surface area contributed by atoms with E-state index in [0.717, 1.165) is 24.6 Å². The Kier molecular flexibility index (Phi) is 4.98. The molecular weight excluding hydrogens is 264 g/mol. The van der Waals surface area contributed by atoms with Crippen molar-refractivity contribution in [3.05, 3.63) is 41.5 Å². The lowest BCUT2D eigenvalue weighted by Gasteiger charge is -2.27. The van der Waals surface area contributed by atoms with Crippen LogP contribution in [0.4, 0.5) is 8.78 Å². The summed E-state index contributed by atoms with van der Waals surface area (Å²) < 4.78 is 26.0. The standard InChI is InChI=1S/C15H17F2NO2/c16-12-5-10(6-13(17)8-12)1-2-15(20)14-7-11(9-19)3-4-18-14/h1-2,5-6,8,11,14,18-19H,3-4,7,9H2. The van der Waals surface area contributed by atoms with Gasteiger partial charge in [-0.15, -0.1) is 0 Å². The Labute approximate surface area is 116 Å². The molecule has 1 aromatic carbocycles. The zero-order valence-electron chi connectivity index (χ0n) is 11.0. The van der Waals surface area contributed by atoms with E-state index in [1.165, 1.54) is 12.2 Å². The van der Waals surface area contributed by atoms with E-state index in [4.69, 9.17) is 5.11 Å². The van der Waals surface area contributed by atoms with Gasteiger partial charge in [-0.2, -0.15) is 0 Å². The van der Waals surface area contributed by atoms with Crippen molar-refractivity contribution < 1.29 is 18.7 Å². The molecule has 0 spiro atoms. The maximum atomic E-state index is 13.0. The van der Waals surface area contributed by atoms with Crippen molar-refractivity contribution in [2.75, 3.05) is 13.2 Å². The van der Waals surface area contributed by atoms with Crippen LogP contribution >= 0.6 is 0 Å². The number of benzene rings is 1. The minimum Gasteiger partial charge on any atom is -0.396 e. The number of nitrogens with one attached hydrogen (secondary N) is 1. The second kappa shape index (κ2) is 6.72. The van der Waals surface area contributed by atoms with E-state index < -0.39 is 11.6 Å². The molecule has 3 nitrogen and oxygen atoms in total. The minimum absolute atomic E-state index is 0.0737. The van der Waals surface area contributed by atoms with Crippen molar-refractivity contribution in [1.82, 2.24) is 5.32 Å². The molecule has 0 aromatic heterocycles. The molecule has 1 aromatic rings. The van der Waals surface area contributed by atoms with Gasteiger partial charge in [-0.3, -0.25) is 4.79 Å². The highest BCUT2D eigenvalue weighted by Gasteiger charge is 2.24. The number of carbonyl (C=O) groups is 1. The van der Waals surface area contributed by atoms with Crippen LogP contribution in [-0.2, 0) is 4.79 Å². The van der Waals surface area contributed by atoms with Gasteiger partial charge in [0.15, 0.2) is 5.78 Å². The second-order valence-electron chi connectivity index (χ2n) is 5.02. The number of aliphatic hydroxyl groups excluding tert-OH is 1. The highest BCUT2D eigenvalue weighted by Crippen LogP contribution is 2.17. The molecule has 1 aliphatic heterocycles. The highest BCUT2D eigenvalue weighted by molar-refractivity contribution is 5.97. The fraction of sp³-hybridized carbons (Fsp3) is 0.400. The molecule has 1 heterocycles. The van der Waals surface area contributed by atoms with Crippen LogP contribution < -0.4 is 5.32 Å². The van der Waals surface area contributed by atoms with Crippen molar-refractivity contribution in [3.63, 3.8) is 0 Å². The minimum atomic E-state index is -0.673. The Balaban J connectivity index is 2.01. The van der Waals surface area contributed by atoms with E-state index >= 15 is 0 Å². The van der Waals surface area contributed by atoms with Gasteiger partial charge < -0.3 is 10.4 Å². The van der Waals surface area contributed by atoms with Gasteiger partial charge >= 0.3 is 0 Å².